The average molecular weight is 444 g/mol. The molecule has 1 saturated heterocycles. The van der Waals surface area contributed by atoms with Gasteiger partial charge in [0.15, 0.2) is 0 Å². The van der Waals surface area contributed by atoms with E-state index in [1.54, 1.807) is 13.8 Å². The van der Waals surface area contributed by atoms with E-state index in [1.807, 2.05) is 0 Å². The first-order valence-electron chi connectivity index (χ1n) is 9.35. The van der Waals surface area contributed by atoms with Crippen molar-refractivity contribution in [3.05, 3.63) is 23.8 Å². The first-order valence-corrected chi connectivity index (χ1v) is 10.8. The van der Waals surface area contributed by atoms with Crippen molar-refractivity contribution >= 4 is 28.3 Å². The monoisotopic (exact) mass is 443 g/mol. The molecule has 0 bridgehead atoms. The Labute approximate surface area is 180 Å². The minimum atomic E-state index is -3.89. The quantitative estimate of drug-likeness (QED) is 0.600. The SMILES string of the molecule is C#CC(C)(C)NS(=O)(=O)c1ccc(OC)c(C(=O)NCC2CCCN2CC)c1.Cl. The lowest BCUT2D eigenvalue weighted by Gasteiger charge is -2.23. The van der Waals surface area contributed by atoms with Gasteiger partial charge < -0.3 is 10.1 Å². The molecule has 1 aliphatic heterocycles. The van der Waals surface area contributed by atoms with Crippen molar-refractivity contribution in [2.75, 3.05) is 26.7 Å². The Morgan fingerprint density at radius 2 is 2.10 bits per heavy atom. The van der Waals surface area contributed by atoms with E-state index in [0.29, 0.717) is 18.3 Å². The van der Waals surface area contributed by atoms with E-state index in [9.17, 15) is 13.2 Å². The zero-order valence-corrected chi connectivity index (χ0v) is 19.0. The number of amides is 1. The van der Waals surface area contributed by atoms with Gasteiger partial charge in [0.2, 0.25) is 10.0 Å². The first-order chi connectivity index (χ1) is 13.1. The minimum Gasteiger partial charge on any atom is -0.496 e. The Morgan fingerprint density at radius 3 is 2.69 bits per heavy atom. The molecule has 1 aromatic carbocycles. The molecule has 162 valence electrons. The number of hydrogen-bond acceptors (Lipinski definition) is 5. The van der Waals surface area contributed by atoms with E-state index in [0.717, 1.165) is 25.9 Å². The molecule has 0 spiro atoms. The molecule has 1 aromatic rings. The largest absolute Gasteiger partial charge is 0.496 e. The lowest BCUT2D eigenvalue weighted by Crippen LogP contribution is -2.42. The highest BCUT2D eigenvalue weighted by Crippen LogP contribution is 2.24. The summed E-state index contributed by atoms with van der Waals surface area (Å²) in [7, 11) is -2.45. The number of methoxy groups -OCH3 is 1. The van der Waals surface area contributed by atoms with Crippen molar-refractivity contribution in [2.45, 2.75) is 50.1 Å². The van der Waals surface area contributed by atoms with Crippen LogP contribution in [0.5, 0.6) is 5.75 Å². The maximum Gasteiger partial charge on any atom is 0.255 e. The van der Waals surface area contributed by atoms with Crippen LogP contribution in [-0.4, -0.2) is 57.5 Å². The summed E-state index contributed by atoms with van der Waals surface area (Å²) >= 11 is 0. The fourth-order valence-electron chi connectivity index (χ4n) is 3.30. The molecule has 0 saturated carbocycles. The maximum atomic E-state index is 12.7. The van der Waals surface area contributed by atoms with Crippen LogP contribution in [0.3, 0.4) is 0 Å². The number of benzene rings is 1. The molecular formula is C20H30ClN3O4S. The second kappa shape index (κ2) is 10.3. The van der Waals surface area contributed by atoms with Gasteiger partial charge in [-0.3, -0.25) is 9.69 Å². The second-order valence-electron chi connectivity index (χ2n) is 7.37. The number of sulfonamides is 1. The van der Waals surface area contributed by atoms with Gasteiger partial charge in [0.05, 0.1) is 23.1 Å². The van der Waals surface area contributed by atoms with Crippen molar-refractivity contribution in [1.82, 2.24) is 14.9 Å². The Bertz CT molecular complexity index is 865. The van der Waals surface area contributed by atoms with E-state index in [2.05, 4.69) is 27.8 Å². The number of terminal acetylenes is 1. The number of ether oxygens (including phenoxy) is 1. The maximum absolute atomic E-state index is 12.7. The van der Waals surface area contributed by atoms with Gasteiger partial charge in [0.25, 0.3) is 5.91 Å². The highest BCUT2D eigenvalue weighted by atomic mass is 35.5. The predicted molar refractivity (Wildman–Crippen MR) is 116 cm³/mol. The summed E-state index contributed by atoms with van der Waals surface area (Å²) < 4.78 is 33.0. The number of likely N-dealkylation sites (tertiary alicyclic amines) is 1. The van der Waals surface area contributed by atoms with Gasteiger partial charge in [0.1, 0.15) is 5.75 Å². The van der Waals surface area contributed by atoms with Gasteiger partial charge in [-0.05, 0) is 58.0 Å². The number of likely N-dealkylation sites (N-methyl/N-ethyl adjacent to an activating group) is 1. The second-order valence-corrected chi connectivity index (χ2v) is 9.05. The zero-order chi connectivity index (χ0) is 20.9. The summed E-state index contributed by atoms with van der Waals surface area (Å²) in [6, 6.07) is 4.47. The molecular weight excluding hydrogens is 414 g/mol. The number of halogens is 1. The fourth-order valence-corrected chi connectivity index (χ4v) is 4.67. The molecule has 0 radical (unpaired) electrons. The van der Waals surface area contributed by atoms with Crippen LogP contribution in [0.15, 0.2) is 23.1 Å². The molecule has 0 aromatic heterocycles. The van der Waals surface area contributed by atoms with Crippen molar-refractivity contribution in [3.8, 4) is 18.1 Å². The summed E-state index contributed by atoms with van der Waals surface area (Å²) in [5.41, 5.74) is -0.877. The van der Waals surface area contributed by atoms with Crippen molar-refractivity contribution in [1.29, 1.82) is 0 Å². The minimum absolute atomic E-state index is 0. The van der Waals surface area contributed by atoms with Crippen LogP contribution in [0.25, 0.3) is 0 Å². The van der Waals surface area contributed by atoms with Gasteiger partial charge in [-0.15, -0.1) is 18.8 Å². The molecule has 7 nitrogen and oxygen atoms in total. The number of carbonyl (C=O) groups is 1. The van der Waals surface area contributed by atoms with Crippen LogP contribution in [-0.2, 0) is 10.0 Å². The molecule has 1 atom stereocenters. The highest BCUT2D eigenvalue weighted by molar-refractivity contribution is 7.89. The summed E-state index contributed by atoms with van der Waals surface area (Å²) in [5.74, 6) is 2.33. The zero-order valence-electron chi connectivity index (χ0n) is 17.3. The Hall–Kier alpha value is -1.79. The topological polar surface area (TPSA) is 87.7 Å². The van der Waals surface area contributed by atoms with Gasteiger partial charge in [0, 0.05) is 12.6 Å². The number of carbonyl (C=O) groups excluding carboxylic acids is 1. The summed E-state index contributed by atoms with van der Waals surface area (Å²) in [4.78, 5) is 15.0. The molecule has 0 aliphatic carbocycles. The first kappa shape index (κ1) is 25.2. The number of nitrogens with one attached hydrogen (secondary N) is 2. The summed E-state index contributed by atoms with van der Waals surface area (Å²) in [6.45, 7) is 7.75. The molecule has 2 N–H and O–H groups in total. The van der Waals surface area contributed by atoms with E-state index in [-0.39, 0.29) is 28.8 Å². The third-order valence-electron chi connectivity index (χ3n) is 4.88. The van der Waals surface area contributed by atoms with E-state index < -0.39 is 15.6 Å². The van der Waals surface area contributed by atoms with Crippen LogP contribution in [0, 0.1) is 12.3 Å². The number of nitrogens with zero attached hydrogens (tertiary/aromatic N) is 1. The fraction of sp³-hybridized carbons (Fsp3) is 0.550. The van der Waals surface area contributed by atoms with E-state index >= 15 is 0 Å². The van der Waals surface area contributed by atoms with Gasteiger partial charge in [-0.25, -0.2) is 8.42 Å². The Kier molecular flexibility index (Phi) is 8.97. The van der Waals surface area contributed by atoms with Gasteiger partial charge in [-0.2, -0.15) is 4.72 Å². The number of rotatable bonds is 8. The van der Waals surface area contributed by atoms with Crippen LogP contribution in [0.4, 0.5) is 0 Å². The van der Waals surface area contributed by atoms with Crippen LogP contribution in [0.1, 0.15) is 44.0 Å². The van der Waals surface area contributed by atoms with Crippen molar-refractivity contribution in [2.24, 2.45) is 0 Å². The summed E-state index contributed by atoms with van der Waals surface area (Å²) in [6.07, 6.45) is 7.52. The standard InChI is InChI=1S/C20H29N3O4S.ClH/c1-6-20(3,4)22-28(25,26)16-10-11-18(27-5)17(13-16)19(24)21-14-15-9-8-12-23(15)7-2;/h1,10-11,13,15,22H,7-9,12,14H2,2-5H3,(H,21,24);1H. The molecule has 9 heteroatoms. The number of hydrogen-bond donors (Lipinski definition) is 2. The normalized spacial score (nSPS) is 17.3. The van der Waals surface area contributed by atoms with Crippen molar-refractivity contribution < 1.29 is 17.9 Å². The lowest BCUT2D eigenvalue weighted by atomic mass is 10.1. The highest BCUT2D eigenvalue weighted by Gasteiger charge is 2.27. The molecule has 29 heavy (non-hydrogen) atoms. The van der Waals surface area contributed by atoms with Crippen LogP contribution >= 0.6 is 12.4 Å². The predicted octanol–water partition coefficient (Wildman–Crippen LogP) is 2.02. The lowest BCUT2D eigenvalue weighted by molar-refractivity contribution is 0.0938. The molecule has 1 unspecified atom stereocenters. The Balaban J connectivity index is 0.00000420. The van der Waals surface area contributed by atoms with Crippen molar-refractivity contribution in [3.63, 3.8) is 0 Å². The van der Waals surface area contributed by atoms with Crippen LogP contribution < -0.4 is 14.8 Å². The average Bonchev–Trinajstić information content (AvgIpc) is 3.12. The molecule has 1 amide bonds. The van der Waals surface area contributed by atoms with E-state index in [4.69, 9.17) is 11.2 Å². The summed E-state index contributed by atoms with van der Waals surface area (Å²) in [5, 5.41) is 2.91. The molecule has 2 rings (SSSR count). The van der Waals surface area contributed by atoms with Gasteiger partial charge in [-0.1, -0.05) is 12.8 Å². The Morgan fingerprint density at radius 1 is 1.41 bits per heavy atom. The third kappa shape index (κ3) is 6.34. The third-order valence-corrected chi connectivity index (χ3v) is 6.53. The molecule has 1 fully saturated rings. The van der Waals surface area contributed by atoms with E-state index in [1.165, 1.54) is 25.3 Å². The van der Waals surface area contributed by atoms with Crippen LogP contribution in [0.2, 0.25) is 0 Å². The molecule has 1 heterocycles. The van der Waals surface area contributed by atoms with Gasteiger partial charge >= 0.3 is 0 Å². The smallest absolute Gasteiger partial charge is 0.255 e. The molecule has 1 aliphatic rings.